The molecule has 0 saturated carbocycles. The molecule has 5 heteroatoms. The SMILES string of the molecule is Cn1ccc(C(=O)NC2(C)CCCOC2)cc1=O. The van der Waals surface area contributed by atoms with E-state index in [1.54, 1.807) is 19.3 Å². The second-order valence-electron chi connectivity index (χ2n) is 5.04. The zero-order chi connectivity index (χ0) is 13.2. The fourth-order valence-electron chi connectivity index (χ4n) is 2.07. The molecule has 1 amide bonds. The molecule has 2 heterocycles. The van der Waals surface area contributed by atoms with Gasteiger partial charge in [-0.3, -0.25) is 9.59 Å². The topological polar surface area (TPSA) is 60.3 Å². The second-order valence-corrected chi connectivity index (χ2v) is 5.04. The van der Waals surface area contributed by atoms with Crippen LogP contribution in [-0.2, 0) is 11.8 Å². The summed E-state index contributed by atoms with van der Waals surface area (Å²) < 4.78 is 6.82. The molecule has 2 rings (SSSR count). The number of aromatic nitrogens is 1. The smallest absolute Gasteiger partial charge is 0.252 e. The van der Waals surface area contributed by atoms with E-state index < -0.39 is 0 Å². The van der Waals surface area contributed by atoms with Crippen LogP contribution in [0, 0.1) is 0 Å². The number of nitrogens with zero attached hydrogens (tertiary/aromatic N) is 1. The Morgan fingerprint density at radius 2 is 2.33 bits per heavy atom. The number of amides is 1. The molecule has 1 aromatic heterocycles. The fraction of sp³-hybridized carbons (Fsp3) is 0.538. The first-order valence-corrected chi connectivity index (χ1v) is 6.07. The van der Waals surface area contributed by atoms with Crippen molar-refractivity contribution in [3.63, 3.8) is 0 Å². The zero-order valence-corrected chi connectivity index (χ0v) is 10.7. The number of hydrogen-bond donors (Lipinski definition) is 1. The van der Waals surface area contributed by atoms with Crippen LogP contribution >= 0.6 is 0 Å². The second kappa shape index (κ2) is 4.94. The maximum Gasteiger partial charge on any atom is 0.252 e. The minimum atomic E-state index is -0.337. The van der Waals surface area contributed by atoms with E-state index in [1.165, 1.54) is 10.6 Å². The molecular weight excluding hydrogens is 232 g/mol. The lowest BCUT2D eigenvalue weighted by Crippen LogP contribution is -2.51. The van der Waals surface area contributed by atoms with E-state index >= 15 is 0 Å². The number of rotatable bonds is 2. The van der Waals surface area contributed by atoms with Crippen molar-refractivity contribution in [1.29, 1.82) is 0 Å². The summed E-state index contributed by atoms with van der Waals surface area (Å²) >= 11 is 0. The fourth-order valence-corrected chi connectivity index (χ4v) is 2.07. The summed E-state index contributed by atoms with van der Waals surface area (Å²) in [6, 6.07) is 2.99. The van der Waals surface area contributed by atoms with Gasteiger partial charge in [-0.05, 0) is 25.8 Å². The minimum Gasteiger partial charge on any atom is -0.379 e. The zero-order valence-electron chi connectivity index (χ0n) is 10.7. The van der Waals surface area contributed by atoms with Gasteiger partial charge in [0.25, 0.3) is 11.5 Å². The Hall–Kier alpha value is -1.62. The summed E-state index contributed by atoms with van der Waals surface area (Å²) in [4.78, 5) is 23.5. The van der Waals surface area contributed by atoms with Gasteiger partial charge in [0.15, 0.2) is 0 Å². The molecule has 1 unspecified atom stereocenters. The molecular formula is C13H18N2O3. The van der Waals surface area contributed by atoms with Gasteiger partial charge in [0.2, 0.25) is 0 Å². The molecule has 0 bridgehead atoms. The van der Waals surface area contributed by atoms with Crippen LogP contribution in [0.1, 0.15) is 30.1 Å². The first kappa shape index (κ1) is 12.8. The lowest BCUT2D eigenvalue weighted by Gasteiger charge is -2.34. The first-order chi connectivity index (χ1) is 8.50. The molecule has 18 heavy (non-hydrogen) atoms. The molecule has 1 atom stereocenters. The van der Waals surface area contributed by atoms with Gasteiger partial charge in [-0.25, -0.2) is 0 Å². The summed E-state index contributed by atoms with van der Waals surface area (Å²) in [5, 5.41) is 2.95. The van der Waals surface area contributed by atoms with E-state index in [0.717, 1.165) is 19.4 Å². The van der Waals surface area contributed by atoms with Gasteiger partial charge in [0, 0.05) is 31.5 Å². The Labute approximate surface area is 106 Å². The van der Waals surface area contributed by atoms with E-state index in [0.29, 0.717) is 12.2 Å². The number of pyridine rings is 1. The van der Waals surface area contributed by atoms with Gasteiger partial charge in [0.1, 0.15) is 0 Å². The predicted molar refractivity (Wildman–Crippen MR) is 67.6 cm³/mol. The van der Waals surface area contributed by atoms with Crippen molar-refractivity contribution in [1.82, 2.24) is 9.88 Å². The van der Waals surface area contributed by atoms with Gasteiger partial charge in [-0.1, -0.05) is 0 Å². The number of carbonyl (C=O) groups is 1. The van der Waals surface area contributed by atoms with Crippen LogP contribution in [0.4, 0.5) is 0 Å². The molecule has 98 valence electrons. The van der Waals surface area contributed by atoms with E-state index in [-0.39, 0.29) is 17.0 Å². The van der Waals surface area contributed by atoms with Crippen molar-refractivity contribution in [3.05, 3.63) is 34.2 Å². The van der Waals surface area contributed by atoms with Gasteiger partial charge in [-0.2, -0.15) is 0 Å². The quantitative estimate of drug-likeness (QED) is 0.840. The normalized spacial score (nSPS) is 23.7. The molecule has 5 nitrogen and oxygen atoms in total. The molecule has 1 fully saturated rings. The highest BCUT2D eigenvalue weighted by molar-refractivity contribution is 5.94. The Kier molecular flexibility index (Phi) is 3.52. The monoisotopic (exact) mass is 250 g/mol. The third-order valence-corrected chi connectivity index (χ3v) is 3.22. The Morgan fingerprint density at radius 1 is 1.56 bits per heavy atom. The van der Waals surface area contributed by atoms with Crippen molar-refractivity contribution >= 4 is 5.91 Å². The Balaban J connectivity index is 2.11. The van der Waals surface area contributed by atoms with Crippen LogP contribution in [-0.4, -0.2) is 29.2 Å². The van der Waals surface area contributed by atoms with E-state index in [9.17, 15) is 9.59 Å². The molecule has 1 aliphatic heterocycles. The molecule has 1 N–H and O–H groups in total. The summed E-state index contributed by atoms with van der Waals surface area (Å²) in [5.41, 5.74) is -0.131. The molecule has 1 aliphatic rings. The summed E-state index contributed by atoms with van der Waals surface area (Å²) in [6.45, 7) is 3.23. The first-order valence-electron chi connectivity index (χ1n) is 6.07. The Morgan fingerprint density at radius 3 is 2.94 bits per heavy atom. The van der Waals surface area contributed by atoms with Crippen molar-refractivity contribution in [2.24, 2.45) is 7.05 Å². The number of ether oxygens (including phenoxy) is 1. The maximum atomic E-state index is 12.1. The highest BCUT2D eigenvalue weighted by atomic mass is 16.5. The average Bonchev–Trinajstić information content (AvgIpc) is 2.33. The van der Waals surface area contributed by atoms with Crippen LogP contribution in [0.5, 0.6) is 0 Å². The maximum absolute atomic E-state index is 12.1. The van der Waals surface area contributed by atoms with Gasteiger partial charge >= 0.3 is 0 Å². The van der Waals surface area contributed by atoms with E-state index in [2.05, 4.69) is 5.32 Å². The largest absolute Gasteiger partial charge is 0.379 e. The highest BCUT2D eigenvalue weighted by Gasteiger charge is 2.29. The Bertz CT molecular complexity index is 501. The van der Waals surface area contributed by atoms with Crippen LogP contribution in [0.15, 0.2) is 23.1 Å². The van der Waals surface area contributed by atoms with Crippen molar-refractivity contribution in [3.8, 4) is 0 Å². The van der Waals surface area contributed by atoms with Gasteiger partial charge < -0.3 is 14.6 Å². The average molecular weight is 250 g/mol. The van der Waals surface area contributed by atoms with E-state index in [1.807, 2.05) is 6.92 Å². The molecule has 1 aromatic rings. The minimum absolute atomic E-state index is 0.187. The van der Waals surface area contributed by atoms with Crippen LogP contribution in [0.3, 0.4) is 0 Å². The van der Waals surface area contributed by atoms with Crippen molar-refractivity contribution in [2.75, 3.05) is 13.2 Å². The predicted octanol–water partition coefficient (Wildman–Crippen LogP) is 0.684. The third-order valence-electron chi connectivity index (χ3n) is 3.22. The standard InChI is InChI=1S/C13H18N2O3/c1-13(5-3-7-18-9-13)14-12(17)10-4-6-15(2)11(16)8-10/h4,6,8H,3,5,7,9H2,1-2H3,(H,14,17). The summed E-state index contributed by atoms with van der Waals surface area (Å²) in [7, 11) is 1.65. The molecule has 0 aromatic carbocycles. The number of aryl methyl sites for hydroxylation is 1. The van der Waals surface area contributed by atoms with Crippen LogP contribution in [0.2, 0.25) is 0 Å². The lowest BCUT2D eigenvalue weighted by molar-refractivity contribution is 0.0272. The lowest BCUT2D eigenvalue weighted by atomic mass is 9.94. The van der Waals surface area contributed by atoms with E-state index in [4.69, 9.17) is 4.74 Å². The highest BCUT2D eigenvalue weighted by Crippen LogP contribution is 2.18. The molecule has 0 aliphatic carbocycles. The van der Waals surface area contributed by atoms with Gasteiger partial charge in [-0.15, -0.1) is 0 Å². The molecule has 1 saturated heterocycles. The van der Waals surface area contributed by atoms with Crippen molar-refractivity contribution in [2.45, 2.75) is 25.3 Å². The molecule has 0 spiro atoms. The number of carbonyl (C=O) groups excluding carboxylic acids is 1. The molecule has 0 radical (unpaired) electrons. The summed E-state index contributed by atoms with van der Waals surface area (Å²) in [5.74, 6) is -0.222. The van der Waals surface area contributed by atoms with Crippen LogP contribution in [0.25, 0.3) is 0 Å². The van der Waals surface area contributed by atoms with Gasteiger partial charge in [0.05, 0.1) is 12.1 Å². The van der Waals surface area contributed by atoms with Crippen molar-refractivity contribution < 1.29 is 9.53 Å². The summed E-state index contributed by atoms with van der Waals surface area (Å²) in [6.07, 6.45) is 3.42. The van der Waals surface area contributed by atoms with Crippen LogP contribution < -0.4 is 10.9 Å². The number of nitrogens with one attached hydrogen (secondary N) is 1. The third kappa shape index (κ3) is 2.79. The number of hydrogen-bond acceptors (Lipinski definition) is 3.